The average molecular weight is 197 g/mol. The zero-order chi connectivity index (χ0) is 8.27. The van der Waals surface area contributed by atoms with Crippen molar-refractivity contribution in [2.75, 3.05) is 11.5 Å². The van der Waals surface area contributed by atoms with Gasteiger partial charge in [-0.2, -0.15) is 0 Å². The van der Waals surface area contributed by atoms with Crippen molar-refractivity contribution in [3.63, 3.8) is 0 Å². The Morgan fingerprint density at radius 1 is 1.50 bits per heavy atom. The molecule has 0 aromatic rings. The van der Waals surface area contributed by atoms with E-state index in [9.17, 15) is 9.00 Å². The normalized spacial score (nSPS) is 28.7. The highest BCUT2D eigenvalue weighted by molar-refractivity contribution is 7.85. The molecule has 0 aromatic heterocycles. The van der Waals surface area contributed by atoms with Gasteiger partial charge in [0.05, 0.1) is 0 Å². The predicted octanol–water partition coefficient (Wildman–Crippen LogP) is -0.414. The van der Waals surface area contributed by atoms with Crippen LogP contribution >= 0.6 is 0 Å². The lowest BCUT2D eigenvalue weighted by Gasteiger charge is -2.20. The van der Waals surface area contributed by atoms with Crippen LogP contribution in [0.1, 0.15) is 14.3 Å². The Bertz CT molecular complexity index is 179. The summed E-state index contributed by atoms with van der Waals surface area (Å²) < 4.78 is 10.8. The van der Waals surface area contributed by atoms with Gasteiger partial charge in [-0.15, -0.1) is 0 Å². The monoisotopic (exact) mass is 197 g/mol. The van der Waals surface area contributed by atoms with Crippen LogP contribution in [-0.2, 0) is 10.8 Å². The van der Waals surface area contributed by atoms with Crippen LogP contribution in [0.3, 0.4) is 0 Å². The van der Waals surface area contributed by atoms with Crippen molar-refractivity contribution in [3.8, 4) is 0 Å². The number of rotatable bonds is 1. The van der Waals surface area contributed by atoms with Crippen LogP contribution in [0.5, 0.6) is 0 Å². The van der Waals surface area contributed by atoms with E-state index in [2.05, 4.69) is 5.32 Å². The molecule has 5 nitrogen and oxygen atoms in total. The molecule has 0 aliphatic carbocycles. The molecule has 0 aromatic carbocycles. The van der Waals surface area contributed by atoms with E-state index in [1.807, 2.05) is 0 Å². The minimum atomic E-state index is -0.984. The van der Waals surface area contributed by atoms with Gasteiger partial charge in [-0.05, 0) is 12.8 Å². The van der Waals surface area contributed by atoms with Crippen molar-refractivity contribution < 1.29 is 21.0 Å². The van der Waals surface area contributed by atoms with Crippen LogP contribution in [0, 0.1) is 0 Å². The van der Waals surface area contributed by atoms with Crippen LogP contribution in [-0.4, -0.2) is 38.4 Å². The van der Waals surface area contributed by atoms with E-state index in [1.54, 1.807) is 0 Å². The van der Waals surface area contributed by atoms with Crippen molar-refractivity contribution in [1.82, 2.24) is 5.32 Å². The molecule has 1 aliphatic rings. The van der Waals surface area contributed by atoms with Crippen LogP contribution in [0.2, 0.25) is 0 Å². The molecule has 0 saturated carbocycles. The van der Waals surface area contributed by atoms with E-state index in [0.717, 1.165) is 0 Å². The molecule has 4 N–H and O–H groups in total. The fourth-order valence-electron chi connectivity index (χ4n) is 1.11. The minimum absolute atomic E-state index is 0. The third-order valence-electron chi connectivity index (χ3n) is 1.72. The van der Waals surface area contributed by atoms with Crippen molar-refractivity contribution >= 4 is 16.9 Å². The van der Waals surface area contributed by atoms with Gasteiger partial charge >= 0.3 is 6.09 Å². The average Bonchev–Trinajstić information content (AvgIpc) is 1.93. The van der Waals surface area contributed by atoms with E-state index in [-0.39, 0.29) is 12.9 Å². The summed E-state index contributed by atoms with van der Waals surface area (Å²) in [4.78, 5) is 10.2. The predicted molar refractivity (Wildman–Crippen MR) is 47.8 cm³/mol. The van der Waals surface area contributed by atoms with Gasteiger partial charge in [-0.1, -0.05) is 0 Å². The maximum absolute atomic E-state index is 10.8. The zero-order valence-corrected chi connectivity index (χ0v) is 7.39. The van der Waals surface area contributed by atoms with Gasteiger partial charge in [-0.3, -0.25) is 4.21 Å². The van der Waals surface area contributed by atoms with Crippen LogP contribution in [0.25, 0.3) is 0 Å². The second-order valence-electron chi connectivity index (χ2n) is 2.57. The first-order valence-corrected chi connectivity index (χ1v) is 5.01. The Kier molecular flexibility index (Phi) is 4.84. The Balaban J connectivity index is 0. The zero-order valence-electron chi connectivity index (χ0n) is 6.58. The van der Waals surface area contributed by atoms with E-state index in [0.29, 0.717) is 24.3 Å². The Morgan fingerprint density at radius 3 is 2.42 bits per heavy atom. The van der Waals surface area contributed by atoms with E-state index in [1.165, 1.54) is 0 Å². The Morgan fingerprint density at radius 2 is 2.00 bits per heavy atom. The van der Waals surface area contributed by atoms with Crippen molar-refractivity contribution in [2.24, 2.45) is 0 Å². The molecule has 0 bridgehead atoms. The third-order valence-corrected chi connectivity index (χ3v) is 3.10. The highest BCUT2D eigenvalue weighted by Crippen LogP contribution is 2.08. The summed E-state index contributed by atoms with van der Waals surface area (Å²) in [6, 6.07) is 0.0187. The molecule has 6 heteroatoms. The second kappa shape index (κ2) is 5.10. The number of carbonyl (C=O) groups is 1. The quantitative estimate of drug-likeness (QED) is 0.597. The molecule has 1 heterocycles. The van der Waals surface area contributed by atoms with Crippen molar-refractivity contribution in [1.29, 1.82) is 0 Å². The van der Waals surface area contributed by atoms with Gasteiger partial charge < -0.3 is 15.9 Å². The first kappa shape index (κ1) is 11.4. The summed E-state index contributed by atoms with van der Waals surface area (Å²) in [6.45, 7) is 0. The topological polar surface area (TPSA) is 97.9 Å². The van der Waals surface area contributed by atoms with Crippen molar-refractivity contribution in [3.05, 3.63) is 0 Å². The highest BCUT2D eigenvalue weighted by atomic mass is 32.2. The van der Waals surface area contributed by atoms with E-state index < -0.39 is 16.9 Å². The molecular formula is C6H15NO4S. The summed E-state index contributed by atoms with van der Waals surface area (Å²) in [6.07, 6.45) is 0.431. The van der Waals surface area contributed by atoms with Gasteiger partial charge in [-0.25, -0.2) is 4.79 Å². The standard InChI is InChI=1S/C6H11NO3S.H2O.H2/c8-6(9)7-5-1-3-11(10)4-2-5;;/h5,7H,1-4H2,(H,8,9);1H2;1H. The summed E-state index contributed by atoms with van der Waals surface area (Å²) in [5.41, 5.74) is 0. The Hall–Kier alpha value is -0.620. The molecule has 12 heavy (non-hydrogen) atoms. The molecule has 0 radical (unpaired) electrons. The fourth-order valence-corrected chi connectivity index (χ4v) is 2.41. The lowest BCUT2D eigenvalue weighted by atomic mass is 10.2. The van der Waals surface area contributed by atoms with Crippen LogP contribution < -0.4 is 5.32 Å². The number of hydrogen-bond acceptors (Lipinski definition) is 2. The molecule has 1 rings (SSSR count). The maximum Gasteiger partial charge on any atom is 0.404 e. The molecule has 1 fully saturated rings. The molecule has 1 aliphatic heterocycles. The molecule has 1 amide bonds. The number of amides is 1. The molecular weight excluding hydrogens is 182 g/mol. The smallest absolute Gasteiger partial charge is 0.404 e. The summed E-state index contributed by atoms with van der Waals surface area (Å²) in [7, 11) is -0.709. The highest BCUT2D eigenvalue weighted by Gasteiger charge is 2.18. The lowest BCUT2D eigenvalue weighted by Crippen LogP contribution is -2.38. The SMILES string of the molecule is O.O=C(O)NC1CCS(=O)CC1.[HH]. The Labute approximate surface area is 74.4 Å². The van der Waals surface area contributed by atoms with Gasteiger partial charge in [0.1, 0.15) is 0 Å². The third kappa shape index (κ3) is 3.68. The van der Waals surface area contributed by atoms with Crippen LogP contribution in [0.4, 0.5) is 4.79 Å². The van der Waals surface area contributed by atoms with Gasteiger partial charge in [0.2, 0.25) is 0 Å². The molecule has 1 saturated heterocycles. The van der Waals surface area contributed by atoms with E-state index in [4.69, 9.17) is 5.11 Å². The van der Waals surface area contributed by atoms with Gasteiger partial charge in [0, 0.05) is 29.8 Å². The summed E-state index contributed by atoms with van der Waals surface area (Å²) in [5, 5.41) is 10.7. The number of carboxylic acid groups (broad SMARTS) is 1. The lowest BCUT2D eigenvalue weighted by molar-refractivity contribution is 0.189. The number of nitrogens with one attached hydrogen (secondary N) is 1. The molecule has 74 valence electrons. The molecule has 0 spiro atoms. The van der Waals surface area contributed by atoms with E-state index >= 15 is 0 Å². The fraction of sp³-hybridized carbons (Fsp3) is 0.833. The van der Waals surface area contributed by atoms with Gasteiger partial charge in [0.25, 0.3) is 0 Å². The summed E-state index contributed by atoms with van der Waals surface area (Å²) in [5.74, 6) is 1.26. The van der Waals surface area contributed by atoms with Crippen molar-refractivity contribution in [2.45, 2.75) is 18.9 Å². The molecule has 0 unspecified atom stereocenters. The van der Waals surface area contributed by atoms with Gasteiger partial charge in [0.15, 0.2) is 0 Å². The first-order chi connectivity index (χ1) is 5.18. The van der Waals surface area contributed by atoms with Crippen LogP contribution in [0.15, 0.2) is 0 Å². The first-order valence-electron chi connectivity index (χ1n) is 3.53. The largest absolute Gasteiger partial charge is 0.465 e. The second-order valence-corrected chi connectivity index (χ2v) is 4.27. The summed E-state index contributed by atoms with van der Waals surface area (Å²) >= 11 is 0. The number of hydrogen-bond donors (Lipinski definition) is 2. The maximum atomic E-state index is 10.8. The minimum Gasteiger partial charge on any atom is -0.465 e. The molecule has 0 atom stereocenters.